The number of hydrogen-bond acceptors (Lipinski definition) is 3. The fourth-order valence-electron chi connectivity index (χ4n) is 6.79. The quantitative estimate of drug-likeness (QED) is 0.206. The largest absolute Gasteiger partial charge is 0.355 e. The van der Waals surface area contributed by atoms with E-state index in [0.29, 0.717) is 0 Å². The van der Waals surface area contributed by atoms with Crippen LogP contribution >= 0.6 is 0 Å². The fraction of sp³-hybridized carbons (Fsp3) is 0.125. The summed E-state index contributed by atoms with van der Waals surface area (Å²) in [5.74, 6) is 0.923. The first-order chi connectivity index (χ1) is 21.5. The number of pyridine rings is 1. The Kier molecular flexibility index (Phi) is 6.05. The molecule has 0 spiro atoms. The topological polar surface area (TPSA) is 24.3 Å². The van der Waals surface area contributed by atoms with Gasteiger partial charge in [0, 0.05) is 35.1 Å². The summed E-state index contributed by atoms with van der Waals surface area (Å²) in [7, 11) is 2.16. The van der Waals surface area contributed by atoms with Gasteiger partial charge in [-0.3, -0.25) is 4.57 Å². The van der Waals surface area contributed by atoms with E-state index in [-0.39, 0.29) is 5.41 Å². The van der Waals surface area contributed by atoms with Gasteiger partial charge in [0.25, 0.3) is 0 Å². The Balaban J connectivity index is 1.25. The number of aromatic nitrogens is 2. The normalized spacial score (nSPS) is 13.2. The number of benzene rings is 5. The van der Waals surface area contributed by atoms with E-state index in [9.17, 15) is 0 Å². The number of fused-ring (bicyclic) bond motifs is 4. The summed E-state index contributed by atoms with van der Waals surface area (Å²) in [5.41, 5.74) is 10.7. The highest BCUT2D eigenvalue weighted by Crippen LogP contribution is 2.42. The van der Waals surface area contributed by atoms with Gasteiger partial charge in [0.05, 0.1) is 29.1 Å². The Morgan fingerprint density at radius 2 is 1.32 bits per heavy atom. The minimum atomic E-state index is -0.226. The van der Waals surface area contributed by atoms with Gasteiger partial charge in [-0.25, -0.2) is 4.98 Å². The fourth-order valence-corrected chi connectivity index (χ4v) is 6.79. The molecule has 0 aliphatic carbocycles. The van der Waals surface area contributed by atoms with Crippen molar-refractivity contribution in [2.75, 3.05) is 23.5 Å². The summed E-state index contributed by atoms with van der Waals surface area (Å²) in [4.78, 5) is 9.60. The van der Waals surface area contributed by atoms with Crippen LogP contribution in [0.4, 0.5) is 17.1 Å². The average molecular weight is 571 g/mol. The van der Waals surface area contributed by atoms with Crippen LogP contribution in [-0.2, 0) is 5.41 Å². The lowest BCUT2D eigenvalue weighted by molar-refractivity contribution is 0.641. The van der Waals surface area contributed by atoms with Crippen molar-refractivity contribution in [3.8, 4) is 16.9 Å². The first-order valence-electron chi connectivity index (χ1n) is 15.2. The van der Waals surface area contributed by atoms with Gasteiger partial charge in [-0.05, 0) is 70.8 Å². The molecule has 0 atom stereocenters. The van der Waals surface area contributed by atoms with Gasteiger partial charge in [-0.1, -0.05) is 98.8 Å². The third kappa shape index (κ3) is 4.17. The molecule has 5 aromatic carbocycles. The van der Waals surface area contributed by atoms with Crippen LogP contribution in [0.25, 0.3) is 38.8 Å². The lowest BCUT2D eigenvalue weighted by Gasteiger charge is -2.28. The van der Waals surface area contributed by atoms with E-state index in [2.05, 4.69) is 169 Å². The van der Waals surface area contributed by atoms with Gasteiger partial charge in [0.15, 0.2) is 0 Å². The van der Waals surface area contributed by atoms with Crippen molar-refractivity contribution in [2.24, 2.45) is 0 Å². The second kappa shape index (κ2) is 10.1. The van der Waals surface area contributed by atoms with E-state index >= 15 is 0 Å². The summed E-state index contributed by atoms with van der Waals surface area (Å²) in [6.07, 6.45) is 1.92. The Morgan fingerprint density at radius 1 is 0.591 bits per heavy atom. The molecule has 1 aliphatic heterocycles. The molecule has 2 aromatic heterocycles. The maximum Gasteiger partial charge on any atom is 0.138 e. The summed E-state index contributed by atoms with van der Waals surface area (Å²) in [6, 6.07) is 48.1. The molecule has 0 bridgehead atoms. The van der Waals surface area contributed by atoms with Crippen LogP contribution in [0.15, 0.2) is 140 Å². The molecule has 8 rings (SSSR count). The van der Waals surface area contributed by atoms with Crippen LogP contribution in [0.5, 0.6) is 0 Å². The van der Waals surface area contributed by atoms with E-state index in [1.165, 1.54) is 50.0 Å². The molecular formula is C40H34N4. The van der Waals surface area contributed by atoms with E-state index in [0.717, 1.165) is 23.6 Å². The molecule has 0 N–H and O–H groups in total. The van der Waals surface area contributed by atoms with Gasteiger partial charge in [-0.2, -0.15) is 0 Å². The van der Waals surface area contributed by atoms with E-state index in [4.69, 9.17) is 4.98 Å². The summed E-state index contributed by atoms with van der Waals surface area (Å²) in [6.45, 7) is 5.50. The maximum absolute atomic E-state index is 4.89. The van der Waals surface area contributed by atoms with Gasteiger partial charge in [0.1, 0.15) is 5.82 Å². The minimum Gasteiger partial charge on any atom is -0.355 e. The Hall–Kier alpha value is -5.35. The molecule has 4 heteroatoms. The predicted octanol–water partition coefficient (Wildman–Crippen LogP) is 9.72. The van der Waals surface area contributed by atoms with Gasteiger partial charge in [-0.15, -0.1) is 0 Å². The number of rotatable bonds is 5. The van der Waals surface area contributed by atoms with Crippen molar-refractivity contribution in [3.05, 3.63) is 151 Å². The zero-order chi connectivity index (χ0) is 29.8. The Bertz CT molecular complexity index is 2160. The standard InChI is InChI=1S/C40H34N4/c1-40(2,30-14-11-15-32(25-30)43-27-42(3)36-18-9-10-19-37(36)43)31-20-21-34-33-16-7-8-17-35(33)44(38(34)26-31)39-24-29(22-23-41-39)28-12-5-4-6-13-28/h4-26H,27H2,1-3H3. The van der Waals surface area contributed by atoms with Crippen molar-refractivity contribution in [3.63, 3.8) is 0 Å². The molecule has 214 valence electrons. The van der Waals surface area contributed by atoms with E-state index in [1.54, 1.807) is 0 Å². The summed E-state index contributed by atoms with van der Waals surface area (Å²) < 4.78 is 2.32. The van der Waals surface area contributed by atoms with Crippen molar-refractivity contribution in [1.82, 2.24) is 9.55 Å². The van der Waals surface area contributed by atoms with Crippen LogP contribution in [0.3, 0.4) is 0 Å². The number of anilines is 3. The second-order valence-corrected chi connectivity index (χ2v) is 12.3. The summed E-state index contributed by atoms with van der Waals surface area (Å²) in [5, 5.41) is 2.47. The highest BCUT2D eigenvalue weighted by Gasteiger charge is 2.28. The molecule has 7 aromatic rings. The third-order valence-corrected chi connectivity index (χ3v) is 9.29. The highest BCUT2D eigenvalue weighted by molar-refractivity contribution is 6.09. The predicted molar refractivity (Wildman–Crippen MR) is 184 cm³/mol. The maximum atomic E-state index is 4.89. The average Bonchev–Trinajstić information content (AvgIpc) is 3.59. The lowest BCUT2D eigenvalue weighted by atomic mass is 9.77. The van der Waals surface area contributed by atoms with E-state index in [1.807, 2.05) is 6.20 Å². The second-order valence-electron chi connectivity index (χ2n) is 12.3. The molecule has 0 saturated heterocycles. The molecule has 3 heterocycles. The first-order valence-corrected chi connectivity index (χ1v) is 15.2. The number of nitrogens with zero attached hydrogens (tertiary/aromatic N) is 4. The molecule has 0 unspecified atom stereocenters. The minimum absolute atomic E-state index is 0.226. The molecule has 0 amide bonds. The number of para-hydroxylation sites is 3. The van der Waals surface area contributed by atoms with Gasteiger partial charge >= 0.3 is 0 Å². The Labute approximate surface area is 258 Å². The first kappa shape index (κ1) is 26.3. The van der Waals surface area contributed by atoms with Crippen LogP contribution in [-0.4, -0.2) is 23.3 Å². The van der Waals surface area contributed by atoms with Crippen molar-refractivity contribution < 1.29 is 0 Å². The smallest absolute Gasteiger partial charge is 0.138 e. The third-order valence-electron chi connectivity index (χ3n) is 9.29. The molecule has 44 heavy (non-hydrogen) atoms. The van der Waals surface area contributed by atoms with E-state index < -0.39 is 0 Å². The highest BCUT2D eigenvalue weighted by atomic mass is 15.4. The van der Waals surface area contributed by atoms with Gasteiger partial charge in [0.2, 0.25) is 0 Å². The van der Waals surface area contributed by atoms with Crippen LogP contribution in [0.1, 0.15) is 25.0 Å². The van der Waals surface area contributed by atoms with Crippen LogP contribution in [0, 0.1) is 0 Å². The van der Waals surface area contributed by atoms with Gasteiger partial charge < -0.3 is 9.80 Å². The summed E-state index contributed by atoms with van der Waals surface area (Å²) >= 11 is 0. The van der Waals surface area contributed by atoms with Crippen LogP contribution in [0.2, 0.25) is 0 Å². The lowest BCUT2D eigenvalue weighted by Crippen LogP contribution is -2.25. The van der Waals surface area contributed by atoms with Crippen LogP contribution < -0.4 is 9.80 Å². The number of hydrogen-bond donors (Lipinski definition) is 0. The molecule has 0 saturated carbocycles. The zero-order valence-corrected chi connectivity index (χ0v) is 25.3. The SMILES string of the molecule is CN1CN(c2cccc(C(C)(C)c3ccc4c5ccccc5n(-c5cc(-c6ccccc6)ccn5)c4c3)c2)c2ccccc21. The zero-order valence-electron chi connectivity index (χ0n) is 25.3. The van der Waals surface area contributed by atoms with Crippen molar-refractivity contribution in [1.29, 1.82) is 0 Å². The molecular weight excluding hydrogens is 536 g/mol. The monoisotopic (exact) mass is 570 g/mol. The molecule has 4 nitrogen and oxygen atoms in total. The molecule has 0 radical (unpaired) electrons. The Morgan fingerprint density at radius 3 is 2.18 bits per heavy atom. The van der Waals surface area contributed by atoms with Crippen molar-refractivity contribution in [2.45, 2.75) is 19.3 Å². The molecule has 0 fully saturated rings. The van der Waals surface area contributed by atoms with Crippen molar-refractivity contribution >= 4 is 38.9 Å². The molecule has 1 aliphatic rings.